The van der Waals surface area contributed by atoms with Gasteiger partial charge in [0.15, 0.2) is 5.82 Å². The van der Waals surface area contributed by atoms with Gasteiger partial charge >= 0.3 is 0 Å². The average molecular weight is 222 g/mol. The highest BCUT2D eigenvalue weighted by molar-refractivity contribution is 5.59. The quantitative estimate of drug-likeness (QED) is 0.822. The van der Waals surface area contributed by atoms with E-state index in [1.165, 1.54) is 32.1 Å². The van der Waals surface area contributed by atoms with E-state index in [4.69, 9.17) is 5.73 Å². The maximum atomic E-state index is 5.86. The van der Waals surface area contributed by atoms with Crippen LogP contribution in [0.3, 0.4) is 0 Å². The Morgan fingerprint density at radius 3 is 2.69 bits per heavy atom. The van der Waals surface area contributed by atoms with Gasteiger partial charge in [0.1, 0.15) is 0 Å². The number of nitrogens with one attached hydrogen (secondary N) is 1. The van der Waals surface area contributed by atoms with E-state index in [0.29, 0.717) is 5.41 Å². The van der Waals surface area contributed by atoms with Gasteiger partial charge in [-0.05, 0) is 24.7 Å². The molecular weight excluding hydrogens is 200 g/mol. The average Bonchev–Trinajstić information content (AvgIpc) is 2.84. The Bertz CT molecular complexity index is 350. The highest BCUT2D eigenvalue weighted by Gasteiger charge is 2.31. The molecule has 4 nitrogen and oxygen atoms in total. The molecule has 0 spiro atoms. The van der Waals surface area contributed by atoms with Gasteiger partial charge in [-0.15, -0.1) is 0 Å². The van der Waals surface area contributed by atoms with Crippen LogP contribution >= 0.6 is 0 Å². The lowest BCUT2D eigenvalue weighted by molar-refractivity contribution is 0.306. The minimum Gasteiger partial charge on any atom is -0.394 e. The van der Waals surface area contributed by atoms with E-state index >= 15 is 0 Å². The minimum absolute atomic E-state index is 0.476. The molecule has 3 N–H and O–H groups in total. The summed E-state index contributed by atoms with van der Waals surface area (Å²) in [4.78, 5) is 0. The molecule has 1 aromatic heterocycles. The van der Waals surface area contributed by atoms with Crippen molar-refractivity contribution in [2.45, 2.75) is 39.0 Å². The van der Waals surface area contributed by atoms with E-state index in [-0.39, 0.29) is 0 Å². The lowest BCUT2D eigenvalue weighted by atomic mass is 9.83. The van der Waals surface area contributed by atoms with Gasteiger partial charge in [-0.2, -0.15) is 5.10 Å². The summed E-state index contributed by atoms with van der Waals surface area (Å²) >= 11 is 0. The molecule has 1 heterocycles. The highest BCUT2D eigenvalue weighted by atomic mass is 15.3. The van der Waals surface area contributed by atoms with Gasteiger partial charge < -0.3 is 11.1 Å². The monoisotopic (exact) mass is 222 g/mol. The first kappa shape index (κ1) is 11.3. The Morgan fingerprint density at radius 2 is 2.19 bits per heavy atom. The number of nitrogens with two attached hydrogens (primary N) is 1. The minimum atomic E-state index is 0.476. The summed E-state index contributed by atoms with van der Waals surface area (Å²) in [5.41, 5.74) is 7.08. The van der Waals surface area contributed by atoms with E-state index in [1.54, 1.807) is 4.68 Å². The highest BCUT2D eigenvalue weighted by Crippen LogP contribution is 2.41. The predicted octanol–water partition coefficient (Wildman–Crippen LogP) is 2.38. The van der Waals surface area contributed by atoms with E-state index in [9.17, 15) is 0 Å². The Balaban J connectivity index is 1.98. The molecule has 0 bridgehead atoms. The van der Waals surface area contributed by atoms with Crippen LogP contribution in [0.4, 0.5) is 11.5 Å². The fourth-order valence-electron chi connectivity index (χ4n) is 2.70. The van der Waals surface area contributed by atoms with E-state index in [0.717, 1.165) is 18.1 Å². The summed E-state index contributed by atoms with van der Waals surface area (Å²) in [6, 6.07) is 0. The zero-order valence-corrected chi connectivity index (χ0v) is 10.3. The first-order valence-electron chi connectivity index (χ1n) is 6.18. The van der Waals surface area contributed by atoms with Crippen LogP contribution < -0.4 is 11.1 Å². The molecule has 0 aromatic carbocycles. The molecule has 0 radical (unpaired) electrons. The molecule has 0 atom stereocenters. The van der Waals surface area contributed by atoms with Gasteiger partial charge in [-0.1, -0.05) is 19.8 Å². The number of nitrogens with zero attached hydrogens (tertiary/aromatic N) is 2. The maximum absolute atomic E-state index is 5.86. The van der Waals surface area contributed by atoms with Crippen molar-refractivity contribution < 1.29 is 0 Å². The van der Waals surface area contributed by atoms with Crippen LogP contribution in [0, 0.1) is 5.41 Å². The van der Waals surface area contributed by atoms with Gasteiger partial charge in [-0.25, -0.2) is 0 Å². The second-order valence-corrected chi connectivity index (χ2v) is 5.02. The Morgan fingerprint density at radius 1 is 1.50 bits per heavy atom. The van der Waals surface area contributed by atoms with Crippen molar-refractivity contribution >= 4 is 11.5 Å². The zero-order chi connectivity index (χ0) is 11.6. The fraction of sp³-hybridized carbons (Fsp3) is 0.750. The smallest absolute Gasteiger partial charge is 0.171 e. The van der Waals surface area contributed by atoms with Crippen molar-refractivity contribution in [2.24, 2.45) is 12.5 Å². The number of hydrogen-bond acceptors (Lipinski definition) is 3. The Labute approximate surface area is 97.2 Å². The third-order valence-electron chi connectivity index (χ3n) is 3.90. The SMILES string of the molecule is CCC1(CNc2nn(C)cc2N)CCCC1. The van der Waals surface area contributed by atoms with Crippen LogP contribution in [0.15, 0.2) is 6.20 Å². The molecule has 0 aliphatic heterocycles. The molecular formula is C12H22N4. The molecule has 1 saturated carbocycles. The number of hydrogen-bond donors (Lipinski definition) is 2. The van der Waals surface area contributed by atoms with Crippen molar-refractivity contribution in [1.29, 1.82) is 0 Å². The number of nitrogen functional groups attached to an aromatic ring is 1. The number of rotatable bonds is 4. The van der Waals surface area contributed by atoms with Crippen LogP contribution in [0.5, 0.6) is 0 Å². The van der Waals surface area contributed by atoms with Crippen molar-refractivity contribution in [3.63, 3.8) is 0 Å². The van der Waals surface area contributed by atoms with Gasteiger partial charge in [0, 0.05) is 19.8 Å². The number of anilines is 2. The molecule has 0 unspecified atom stereocenters. The summed E-state index contributed by atoms with van der Waals surface area (Å²) in [7, 11) is 1.90. The van der Waals surface area contributed by atoms with Gasteiger partial charge in [0.05, 0.1) is 5.69 Å². The molecule has 1 fully saturated rings. The molecule has 0 saturated heterocycles. The first-order valence-corrected chi connectivity index (χ1v) is 6.18. The topological polar surface area (TPSA) is 55.9 Å². The third-order valence-corrected chi connectivity index (χ3v) is 3.90. The zero-order valence-electron chi connectivity index (χ0n) is 10.3. The van der Waals surface area contributed by atoms with Crippen LogP contribution in [0.2, 0.25) is 0 Å². The molecule has 0 amide bonds. The van der Waals surface area contributed by atoms with Gasteiger partial charge in [-0.3, -0.25) is 4.68 Å². The van der Waals surface area contributed by atoms with Crippen molar-refractivity contribution in [3.05, 3.63) is 6.20 Å². The van der Waals surface area contributed by atoms with Crippen LogP contribution in [0.25, 0.3) is 0 Å². The summed E-state index contributed by atoms with van der Waals surface area (Å²) in [6.45, 7) is 3.29. The van der Waals surface area contributed by atoms with Crippen LogP contribution in [-0.2, 0) is 7.05 Å². The van der Waals surface area contributed by atoms with E-state index in [2.05, 4.69) is 17.3 Å². The van der Waals surface area contributed by atoms with Crippen LogP contribution in [0.1, 0.15) is 39.0 Å². The third kappa shape index (κ3) is 2.15. The van der Waals surface area contributed by atoms with E-state index < -0.39 is 0 Å². The standard InChI is InChI=1S/C12H22N4/c1-3-12(6-4-5-7-12)9-14-11-10(13)8-16(2)15-11/h8H,3-7,9,13H2,1-2H3,(H,14,15). The second-order valence-electron chi connectivity index (χ2n) is 5.02. The molecule has 1 aromatic rings. The second kappa shape index (κ2) is 4.36. The lowest BCUT2D eigenvalue weighted by Crippen LogP contribution is -2.26. The molecule has 4 heteroatoms. The van der Waals surface area contributed by atoms with Crippen molar-refractivity contribution in [3.8, 4) is 0 Å². The lowest BCUT2D eigenvalue weighted by Gasteiger charge is -2.27. The number of aromatic nitrogens is 2. The predicted molar refractivity (Wildman–Crippen MR) is 67.3 cm³/mol. The molecule has 1 aliphatic rings. The maximum Gasteiger partial charge on any atom is 0.171 e. The Kier molecular flexibility index (Phi) is 3.08. The largest absolute Gasteiger partial charge is 0.394 e. The molecule has 2 rings (SSSR count). The molecule has 90 valence electrons. The first-order chi connectivity index (χ1) is 7.65. The summed E-state index contributed by atoms with van der Waals surface area (Å²) < 4.78 is 1.75. The molecule has 16 heavy (non-hydrogen) atoms. The Hall–Kier alpha value is -1.19. The number of aryl methyl sites for hydroxylation is 1. The van der Waals surface area contributed by atoms with Gasteiger partial charge in [0.25, 0.3) is 0 Å². The van der Waals surface area contributed by atoms with Crippen LogP contribution in [-0.4, -0.2) is 16.3 Å². The fourth-order valence-corrected chi connectivity index (χ4v) is 2.70. The molecule has 1 aliphatic carbocycles. The van der Waals surface area contributed by atoms with Gasteiger partial charge in [0.2, 0.25) is 0 Å². The summed E-state index contributed by atoms with van der Waals surface area (Å²) in [6.07, 6.45) is 8.50. The normalized spacial score (nSPS) is 18.9. The van der Waals surface area contributed by atoms with Crippen molar-refractivity contribution in [1.82, 2.24) is 9.78 Å². The summed E-state index contributed by atoms with van der Waals surface area (Å²) in [5, 5.41) is 7.73. The van der Waals surface area contributed by atoms with Crippen molar-refractivity contribution in [2.75, 3.05) is 17.6 Å². The summed E-state index contributed by atoms with van der Waals surface area (Å²) in [5.74, 6) is 0.835. The van der Waals surface area contributed by atoms with E-state index in [1.807, 2.05) is 13.2 Å².